The number of hydrogen-bond acceptors (Lipinski definition) is 6. The van der Waals surface area contributed by atoms with Gasteiger partial charge >= 0.3 is 5.97 Å². The third kappa shape index (κ3) is 2.79. The molecule has 1 saturated carbocycles. The molecule has 2 N–H and O–H groups in total. The van der Waals surface area contributed by atoms with Crippen LogP contribution in [0.25, 0.3) is 0 Å². The van der Waals surface area contributed by atoms with Crippen molar-refractivity contribution >= 4 is 11.8 Å². The van der Waals surface area contributed by atoms with Gasteiger partial charge in [0.15, 0.2) is 5.78 Å². The van der Waals surface area contributed by atoms with Crippen molar-refractivity contribution in [3.05, 3.63) is 11.8 Å². The van der Waals surface area contributed by atoms with Crippen LogP contribution in [0.1, 0.15) is 19.8 Å². The van der Waals surface area contributed by atoms with Gasteiger partial charge in [-0.1, -0.05) is 0 Å². The van der Waals surface area contributed by atoms with E-state index in [9.17, 15) is 9.59 Å². The first-order valence-electron chi connectivity index (χ1n) is 6.63. The number of nitrogens with zero attached hydrogens (tertiary/aromatic N) is 1. The zero-order chi connectivity index (χ0) is 14.0. The van der Waals surface area contributed by atoms with Crippen LogP contribution in [0.15, 0.2) is 11.8 Å². The van der Waals surface area contributed by atoms with Gasteiger partial charge in [-0.15, -0.1) is 0 Å². The average molecular weight is 267 g/mol. The molecule has 0 bridgehead atoms. The van der Waals surface area contributed by atoms with Gasteiger partial charge in [0.2, 0.25) is 0 Å². The first-order chi connectivity index (χ1) is 9.04. The third-order valence-electron chi connectivity index (χ3n) is 3.55. The fourth-order valence-corrected chi connectivity index (χ4v) is 2.73. The van der Waals surface area contributed by atoms with Gasteiger partial charge in [-0.2, -0.15) is 0 Å². The highest BCUT2D eigenvalue weighted by atomic mass is 16.5. The van der Waals surface area contributed by atoms with E-state index in [1.54, 1.807) is 6.92 Å². The van der Waals surface area contributed by atoms with Crippen molar-refractivity contribution in [3.8, 4) is 0 Å². The summed E-state index contributed by atoms with van der Waals surface area (Å²) in [7, 11) is 3.79. The first-order valence-corrected chi connectivity index (χ1v) is 6.63. The van der Waals surface area contributed by atoms with Crippen LogP contribution in [0.5, 0.6) is 0 Å². The molecule has 106 valence electrons. The molecule has 0 aromatic heterocycles. The van der Waals surface area contributed by atoms with Crippen LogP contribution in [0.2, 0.25) is 0 Å². The molecule has 0 aromatic rings. The van der Waals surface area contributed by atoms with E-state index in [-0.39, 0.29) is 23.7 Å². The Morgan fingerprint density at radius 1 is 1.47 bits per heavy atom. The molecule has 3 unspecified atom stereocenters. The lowest BCUT2D eigenvalue weighted by atomic mass is 9.78. The number of Topliss-reactive ketones (excluding diaryl/α,β-unsaturated/α-hetero) is 1. The van der Waals surface area contributed by atoms with E-state index in [0.29, 0.717) is 13.0 Å². The maximum Gasteiger partial charge on any atom is 0.324 e. The second kappa shape index (κ2) is 5.71. The molecule has 1 aliphatic heterocycles. The Labute approximate surface area is 113 Å². The van der Waals surface area contributed by atoms with E-state index in [0.717, 1.165) is 12.0 Å². The molecule has 19 heavy (non-hydrogen) atoms. The van der Waals surface area contributed by atoms with E-state index in [1.807, 2.05) is 25.2 Å². The topological polar surface area (TPSA) is 70.7 Å². The number of carbonyl (C=O) groups is 2. The molecule has 3 atom stereocenters. The molecule has 2 rings (SSSR count). The number of ether oxygens (including phenoxy) is 1. The molecular weight excluding hydrogens is 246 g/mol. The smallest absolute Gasteiger partial charge is 0.324 e. The van der Waals surface area contributed by atoms with Crippen LogP contribution in [-0.4, -0.2) is 49.4 Å². The number of hydrogen-bond donors (Lipinski definition) is 2. The molecule has 6 nitrogen and oxygen atoms in total. The molecule has 1 saturated heterocycles. The predicted molar refractivity (Wildman–Crippen MR) is 70.0 cm³/mol. The molecule has 0 aromatic carbocycles. The third-order valence-corrected chi connectivity index (χ3v) is 3.55. The maximum absolute atomic E-state index is 12.3. The lowest BCUT2D eigenvalue weighted by Crippen LogP contribution is -2.42. The van der Waals surface area contributed by atoms with Gasteiger partial charge in [0.25, 0.3) is 0 Å². The Balaban J connectivity index is 2.09. The monoisotopic (exact) mass is 267 g/mol. The van der Waals surface area contributed by atoms with Gasteiger partial charge in [0.05, 0.1) is 12.6 Å². The lowest BCUT2D eigenvalue weighted by Gasteiger charge is -2.27. The summed E-state index contributed by atoms with van der Waals surface area (Å²) >= 11 is 0. The minimum atomic E-state index is -0.421. The van der Waals surface area contributed by atoms with Crippen LogP contribution in [0.4, 0.5) is 0 Å². The standard InChI is InChI=1S/C13H21N3O3/c1-4-19-13(18)11-9-6-5-8(7-16(2)3)12(17)10(9)14-15-11/h7,9-11,14-15H,4-6H2,1-3H3/b8-7-. The summed E-state index contributed by atoms with van der Waals surface area (Å²) in [6, 6.07) is -0.746. The zero-order valence-corrected chi connectivity index (χ0v) is 11.6. The number of carbonyl (C=O) groups excluding carboxylic acids is 2. The number of ketones is 1. The zero-order valence-electron chi connectivity index (χ0n) is 11.6. The van der Waals surface area contributed by atoms with Crippen LogP contribution < -0.4 is 10.9 Å². The lowest BCUT2D eigenvalue weighted by molar-refractivity contribution is -0.146. The van der Waals surface area contributed by atoms with Crippen molar-refractivity contribution in [1.82, 2.24) is 15.8 Å². The highest BCUT2D eigenvalue weighted by Gasteiger charge is 2.47. The van der Waals surface area contributed by atoms with E-state index in [4.69, 9.17) is 4.74 Å². The number of hydrazine groups is 1. The second-order valence-electron chi connectivity index (χ2n) is 5.18. The maximum atomic E-state index is 12.3. The number of esters is 1. The summed E-state index contributed by atoms with van der Waals surface area (Å²) in [5.41, 5.74) is 6.65. The Hall–Kier alpha value is -1.40. The fraction of sp³-hybridized carbons (Fsp3) is 0.692. The largest absolute Gasteiger partial charge is 0.465 e. The summed E-state index contributed by atoms with van der Waals surface area (Å²) in [6.45, 7) is 2.13. The average Bonchev–Trinajstić information content (AvgIpc) is 2.77. The molecule has 6 heteroatoms. The Kier molecular flexibility index (Phi) is 4.21. The van der Waals surface area contributed by atoms with E-state index < -0.39 is 6.04 Å². The van der Waals surface area contributed by atoms with Crippen molar-refractivity contribution in [2.75, 3.05) is 20.7 Å². The highest BCUT2D eigenvalue weighted by molar-refractivity contribution is 6.01. The van der Waals surface area contributed by atoms with Crippen molar-refractivity contribution in [2.45, 2.75) is 31.8 Å². The number of fused-ring (bicyclic) bond motifs is 1. The summed E-state index contributed by atoms with van der Waals surface area (Å²) < 4.78 is 5.03. The van der Waals surface area contributed by atoms with Gasteiger partial charge in [-0.25, -0.2) is 10.9 Å². The minimum absolute atomic E-state index is 0.0223. The SMILES string of the molecule is CCOC(=O)C1NNC2C(=O)/C(=C\N(C)C)CCC12. The van der Waals surface area contributed by atoms with Gasteiger partial charge in [-0.3, -0.25) is 9.59 Å². The summed E-state index contributed by atoms with van der Waals surface area (Å²) in [6.07, 6.45) is 3.37. The molecule has 0 radical (unpaired) electrons. The van der Waals surface area contributed by atoms with Crippen LogP contribution in [-0.2, 0) is 14.3 Å². The van der Waals surface area contributed by atoms with Crippen LogP contribution in [0, 0.1) is 5.92 Å². The fourth-order valence-electron chi connectivity index (χ4n) is 2.73. The first kappa shape index (κ1) is 14.0. The Morgan fingerprint density at radius 3 is 2.84 bits per heavy atom. The van der Waals surface area contributed by atoms with Gasteiger partial charge < -0.3 is 9.64 Å². The highest BCUT2D eigenvalue weighted by Crippen LogP contribution is 2.31. The van der Waals surface area contributed by atoms with E-state index >= 15 is 0 Å². The van der Waals surface area contributed by atoms with Crippen LogP contribution >= 0.6 is 0 Å². The summed E-state index contributed by atoms with van der Waals surface area (Å²) in [5.74, 6) is -0.231. The molecule has 0 amide bonds. The van der Waals surface area contributed by atoms with Crippen molar-refractivity contribution < 1.29 is 14.3 Å². The molecule has 1 heterocycles. The minimum Gasteiger partial charge on any atom is -0.465 e. The van der Waals surface area contributed by atoms with Crippen molar-refractivity contribution in [2.24, 2.45) is 5.92 Å². The number of nitrogens with one attached hydrogen (secondary N) is 2. The summed E-state index contributed by atoms with van der Waals surface area (Å²) in [5, 5.41) is 0. The Morgan fingerprint density at radius 2 is 2.21 bits per heavy atom. The normalized spacial score (nSPS) is 32.3. The van der Waals surface area contributed by atoms with E-state index in [1.165, 1.54) is 0 Å². The number of rotatable bonds is 3. The molecule has 2 fully saturated rings. The van der Waals surface area contributed by atoms with E-state index in [2.05, 4.69) is 10.9 Å². The molecule has 1 aliphatic carbocycles. The molecule has 0 spiro atoms. The molecular formula is C13H21N3O3. The Bertz CT molecular complexity index is 406. The van der Waals surface area contributed by atoms with Gasteiger partial charge in [0, 0.05) is 31.8 Å². The second-order valence-corrected chi connectivity index (χ2v) is 5.18. The summed E-state index contributed by atoms with van der Waals surface area (Å²) in [4.78, 5) is 26.0. The van der Waals surface area contributed by atoms with Gasteiger partial charge in [0.1, 0.15) is 6.04 Å². The van der Waals surface area contributed by atoms with Crippen LogP contribution in [0.3, 0.4) is 0 Å². The van der Waals surface area contributed by atoms with Gasteiger partial charge in [-0.05, 0) is 19.8 Å². The van der Waals surface area contributed by atoms with Crippen molar-refractivity contribution in [3.63, 3.8) is 0 Å². The quantitative estimate of drug-likeness (QED) is 0.546. The predicted octanol–water partition coefficient (Wildman–Crippen LogP) is -0.181. The van der Waals surface area contributed by atoms with Crippen molar-refractivity contribution in [1.29, 1.82) is 0 Å². The molecule has 2 aliphatic rings.